The van der Waals surface area contributed by atoms with Crippen LogP contribution in [-0.4, -0.2) is 91.4 Å². The summed E-state index contributed by atoms with van der Waals surface area (Å²) >= 11 is 0. The van der Waals surface area contributed by atoms with E-state index in [1.54, 1.807) is 7.05 Å². The van der Waals surface area contributed by atoms with Crippen molar-refractivity contribution in [3.63, 3.8) is 0 Å². The molecule has 0 aliphatic rings. The number of nitrogens with one attached hydrogen (secondary N) is 1. The Hall–Kier alpha value is 1.87. The van der Waals surface area contributed by atoms with Gasteiger partial charge in [0.15, 0.2) is 0 Å². The monoisotopic (exact) mass is 187 g/mol. The second-order valence-electron chi connectivity index (χ2n) is 1.39. The summed E-state index contributed by atoms with van der Waals surface area (Å²) < 4.78 is 27.9. The van der Waals surface area contributed by atoms with Crippen LogP contribution in [0.1, 0.15) is 0 Å². The quantitative estimate of drug-likeness (QED) is 0.388. The van der Waals surface area contributed by atoms with Gasteiger partial charge in [0.1, 0.15) is 0 Å². The van der Waals surface area contributed by atoms with Crippen molar-refractivity contribution in [2.45, 2.75) is 0 Å². The Bertz CT molecular complexity index is 146. The summed E-state index contributed by atoms with van der Waals surface area (Å²) in [7, 11) is -2.13. The Morgan fingerprint density at radius 3 is 1.90 bits per heavy atom. The number of hydrogen-bond acceptors (Lipinski definition) is 3. The van der Waals surface area contributed by atoms with Gasteiger partial charge < -0.3 is 5.32 Å². The van der Waals surface area contributed by atoms with E-state index in [1.807, 2.05) is 0 Å². The molecule has 0 fully saturated rings. The molecule has 0 saturated heterocycles. The molecule has 0 radical (unpaired) electrons. The Morgan fingerprint density at radius 2 is 1.80 bits per heavy atom. The van der Waals surface area contributed by atoms with Crippen molar-refractivity contribution in [2.75, 3.05) is 19.3 Å². The van der Waals surface area contributed by atoms with E-state index in [-0.39, 0.29) is 64.9 Å². The molecule has 0 heterocycles. The van der Waals surface area contributed by atoms with Crippen molar-refractivity contribution >= 4 is 69.2 Å². The van der Waals surface area contributed by atoms with Gasteiger partial charge in [-0.1, -0.05) is 0 Å². The van der Waals surface area contributed by atoms with Crippen LogP contribution in [0, 0.1) is 0 Å². The molecule has 0 aromatic carbocycles. The van der Waals surface area contributed by atoms with Crippen molar-refractivity contribution in [3.05, 3.63) is 0 Å². The van der Waals surface area contributed by atoms with Crippen LogP contribution in [0.25, 0.3) is 0 Å². The van der Waals surface area contributed by atoms with Crippen LogP contribution in [-0.2, 0) is 10.1 Å². The molecule has 0 aliphatic heterocycles. The Balaban J connectivity index is -0.000000245. The van der Waals surface area contributed by atoms with Crippen molar-refractivity contribution in [3.8, 4) is 0 Å². The summed E-state index contributed by atoms with van der Waals surface area (Å²) in [5, 5.41) is 2.59. The predicted molar refractivity (Wildman–Crippen MR) is 44.6 cm³/mol. The number of rotatable bonds is 3. The van der Waals surface area contributed by atoms with Gasteiger partial charge in [-0.3, -0.25) is 4.55 Å². The van der Waals surface area contributed by atoms with Crippen molar-refractivity contribution in [1.82, 2.24) is 5.32 Å². The van der Waals surface area contributed by atoms with Crippen molar-refractivity contribution in [2.24, 2.45) is 0 Å². The summed E-state index contributed by atoms with van der Waals surface area (Å²) in [6, 6.07) is 0. The summed E-state index contributed by atoms with van der Waals surface area (Å²) in [6.07, 6.45) is 0. The van der Waals surface area contributed by atoms with E-state index >= 15 is 0 Å². The fourth-order valence-electron chi connectivity index (χ4n) is 0.231. The van der Waals surface area contributed by atoms with Crippen LogP contribution in [0.3, 0.4) is 0 Å². The molecule has 0 saturated carbocycles. The van der Waals surface area contributed by atoms with Crippen LogP contribution >= 0.6 is 0 Å². The fraction of sp³-hybridized carbons (Fsp3) is 1.00. The maximum absolute atomic E-state index is 9.91. The average Bonchev–Trinajstić information content (AvgIpc) is 1.59. The van der Waals surface area contributed by atoms with E-state index < -0.39 is 10.1 Å². The van der Waals surface area contributed by atoms with Crippen LogP contribution in [0.15, 0.2) is 0 Å². The first-order valence-electron chi connectivity index (χ1n) is 2.16. The molecule has 0 aliphatic carbocycles. The van der Waals surface area contributed by atoms with E-state index in [0.29, 0.717) is 6.54 Å². The fourth-order valence-corrected chi connectivity index (χ4v) is 0.693. The SMILES string of the molecule is CNCCS(=O)(=O)O.[NaH].[NaH]. The van der Waals surface area contributed by atoms with E-state index in [9.17, 15) is 8.42 Å². The molecule has 0 aromatic rings. The van der Waals surface area contributed by atoms with E-state index in [1.165, 1.54) is 0 Å². The van der Waals surface area contributed by atoms with Gasteiger partial charge in [0.25, 0.3) is 10.1 Å². The third kappa shape index (κ3) is 16.5. The van der Waals surface area contributed by atoms with Crippen LogP contribution in [0.5, 0.6) is 0 Å². The van der Waals surface area contributed by atoms with Crippen LogP contribution < -0.4 is 5.32 Å². The molecule has 0 bridgehead atoms. The van der Waals surface area contributed by atoms with Gasteiger partial charge in [-0.05, 0) is 7.05 Å². The molecule has 0 atom stereocenters. The minimum absolute atomic E-state index is 0. The van der Waals surface area contributed by atoms with Gasteiger partial charge in [0.05, 0.1) is 5.75 Å². The minimum atomic E-state index is -3.75. The molecule has 0 spiro atoms. The molecule has 54 valence electrons. The summed E-state index contributed by atoms with van der Waals surface area (Å²) in [4.78, 5) is 0. The first-order valence-corrected chi connectivity index (χ1v) is 3.77. The van der Waals surface area contributed by atoms with Gasteiger partial charge in [0, 0.05) is 6.54 Å². The third-order valence-corrected chi connectivity index (χ3v) is 1.33. The molecule has 0 unspecified atom stereocenters. The molecule has 0 amide bonds. The Labute approximate surface area is 105 Å². The van der Waals surface area contributed by atoms with E-state index in [0.717, 1.165) is 0 Å². The van der Waals surface area contributed by atoms with Gasteiger partial charge >= 0.3 is 59.1 Å². The maximum atomic E-state index is 9.91. The first kappa shape index (κ1) is 17.8. The molecule has 2 N–H and O–H groups in total. The van der Waals surface area contributed by atoms with E-state index in [2.05, 4.69) is 5.32 Å². The standard InChI is InChI=1S/C3H9NO3S.2Na.2H/c1-4-2-3-8(5,6)7;;;;/h4H,2-3H2,1H3,(H,5,6,7);;;;. The second-order valence-corrected chi connectivity index (χ2v) is 2.96. The van der Waals surface area contributed by atoms with Crippen molar-refractivity contribution < 1.29 is 13.0 Å². The molecule has 10 heavy (non-hydrogen) atoms. The Morgan fingerprint density at radius 1 is 1.40 bits per heavy atom. The summed E-state index contributed by atoms with van der Waals surface area (Å²) in [5.74, 6) is -0.219. The Kier molecular flexibility index (Phi) is 16.0. The summed E-state index contributed by atoms with van der Waals surface area (Å²) in [5.41, 5.74) is 0. The van der Waals surface area contributed by atoms with Gasteiger partial charge in [-0.15, -0.1) is 0 Å². The van der Waals surface area contributed by atoms with Gasteiger partial charge in [-0.2, -0.15) is 8.42 Å². The first-order chi connectivity index (χ1) is 3.56. The van der Waals surface area contributed by atoms with Gasteiger partial charge in [0.2, 0.25) is 0 Å². The third-order valence-electron chi connectivity index (χ3n) is 0.610. The topological polar surface area (TPSA) is 66.4 Å². The predicted octanol–water partition coefficient (Wildman–Crippen LogP) is -2.20. The number of hydrogen-bond donors (Lipinski definition) is 2. The van der Waals surface area contributed by atoms with E-state index in [4.69, 9.17) is 4.55 Å². The molecular formula is C3H11NNa2O3S. The molecular weight excluding hydrogens is 176 g/mol. The second kappa shape index (κ2) is 8.96. The zero-order chi connectivity index (χ0) is 6.62. The normalized spacial score (nSPS) is 9.40. The molecule has 0 aromatic heterocycles. The van der Waals surface area contributed by atoms with Crippen LogP contribution in [0.4, 0.5) is 0 Å². The zero-order valence-corrected chi connectivity index (χ0v) is 5.40. The molecule has 7 heteroatoms. The average molecular weight is 187 g/mol. The van der Waals surface area contributed by atoms with Crippen molar-refractivity contribution in [1.29, 1.82) is 0 Å². The van der Waals surface area contributed by atoms with Gasteiger partial charge in [-0.25, -0.2) is 0 Å². The van der Waals surface area contributed by atoms with Crippen LogP contribution in [0.2, 0.25) is 0 Å². The summed E-state index contributed by atoms with van der Waals surface area (Å²) in [6.45, 7) is 0.291. The molecule has 0 rings (SSSR count). The zero-order valence-electron chi connectivity index (χ0n) is 4.59. The molecule has 4 nitrogen and oxygen atoms in total.